The third-order valence-electron chi connectivity index (χ3n) is 7.93. The maximum absolute atomic E-state index is 11.0. The largest absolute Gasteiger partial charge is 0.377 e. The summed E-state index contributed by atoms with van der Waals surface area (Å²) in [5, 5.41) is 37.5. The molecule has 0 amide bonds. The Bertz CT molecular complexity index is 538. The molecule has 1 heterocycles. The molecule has 8 nitrogen and oxygen atoms in total. The van der Waals surface area contributed by atoms with Gasteiger partial charge in [-0.25, -0.2) is 10.9 Å². The summed E-state index contributed by atoms with van der Waals surface area (Å²) in [6.07, 6.45) is 9.67. The van der Waals surface area contributed by atoms with Crippen LogP contribution < -0.4 is 27.0 Å². The average Bonchev–Trinajstić information content (AvgIpc) is 2.76. The number of aliphatic hydroxyl groups excluding tert-OH is 2. The van der Waals surface area contributed by atoms with Gasteiger partial charge in [0.25, 0.3) is 0 Å². The highest BCUT2D eigenvalue weighted by atomic mass is 35.5. The number of hydrogen-bond donors (Lipinski definition) is 8. The van der Waals surface area contributed by atoms with Crippen LogP contribution in [0, 0.1) is 17.8 Å². The van der Waals surface area contributed by atoms with Gasteiger partial charge in [0, 0.05) is 17.5 Å². The topological polar surface area (TPSA) is 121 Å². The first kappa shape index (κ1) is 26.6. The zero-order valence-corrected chi connectivity index (χ0v) is 20.5. The minimum Gasteiger partial charge on any atom is -0.377 e. The number of alkyl halides is 1. The van der Waals surface area contributed by atoms with E-state index in [2.05, 4.69) is 33.9 Å². The Hall–Kier alpha value is -0.0300. The molecule has 0 bridgehead atoms. The fourth-order valence-corrected chi connectivity index (χ4v) is 6.36. The zero-order valence-electron chi connectivity index (χ0n) is 19.8. The molecule has 3 fully saturated rings. The first-order valence-electron chi connectivity index (χ1n) is 12.8. The van der Waals surface area contributed by atoms with E-state index in [1.807, 2.05) is 6.92 Å². The van der Waals surface area contributed by atoms with Crippen LogP contribution in [0.4, 0.5) is 0 Å². The Morgan fingerprint density at radius 2 is 1.69 bits per heavy atom. The van der Waals surface area contributed by atoms with Gasteiger partial charge in [0.2, 0.25) is 0 Å². The number of nitrogens with one attached hydrogen (secondary N) is 5. The van der Waals surface area contributed by atoms with E-state index in [-0.39, 0.29) is 18.2 Å². The monoisotopic (exact) mass is 475 g/mol. The molecule has 7 atom stereocenters. The highest BCUT2D eigenvalue weighted by Crippen LogP contribution is 2.42. The standard InChI is InChI=1S/C23H46ClN5O3/c1-3-19(23(31)32)25-20(22(30)26-21-11-14(2)27-29-28-21)12-15-7-9-16(10-8-15)17-5-4-6-18(24)13-17/h14-23,25-32H,3-13H2,1-2H3/t14?,15?,16?,17?,18?,19-,20-,21?,22?/m0/s1. The van der Waals surface area contributed by atoms with Crippen molar-refractivity contribution >= 4 is 11.6 Å². The molecule has 8 N–H and O–H groups in total. The molecule has 0 aromatic carbocycles. The van der Waals surface area contributed by atoms with E-state index in [1.54, 1.807) is 0 Å². The van der Waals surface area contributed by atoms with Crippen LogP contribution in [-0.4, -0.2) is 57.5 Å². The van der Waals surface area contributed by atoms with E-state index in [9.17, 15) is 15.3 Å². The van der Waals surface area contributed by atoms with Crippen LogP contribution in [0.3, 0.4) is 0 Å². The fourth-order valence-electron chi connectivity index (χ4n) is 5.98. The highest BCUT2D eigenvalue weighted by molar-refractivity contribution is 6.20. The maximum atomic E-state index is 11.0. The molecule has 9 heteroatoms. The second-order valence-electron chi connectivity index (χ2n) is 10.5. The van der Waals surface area contributed by atoms with Gasteiger partial charge in [-0.3, -0.25) is 5.32 Å². The molecular formula is C23H46ClN5O3. The number of halogens is 1. The van der Waals surface area contributed by atoms with Gasteiger partial charge in [-0.2, -0.15) is 5.53 Å². The number of rotatable bonds is 10. The Morgan fingerprint density at radius 3 is 2.31 bits per heavy atom. The third kappa shape index (κ3) is 8.03. The van der Waals surface area contributed by atoms with Gasteiger partial charge >= 0.3 is 0 Å². The predicted molar refractivity (Wildman–Crippen MR) is 127 cm³/mol. The Morgan fingerprint density at radius 1 is 0.938 bits per heavy atom. The van der Waals surface area contributed by atoms with Crippen molar-refractivity contribution in [2.45, 2.75) is 127 Å². The van der Waals surface area contributed by atoms with Crippen LogP contribution in [0.5, 0.6) is 0 Å². The lowest BCUT2D eigenvalue weighted by atomic mass is 9.70. The molecule has 3 rings (SSSR count). The van der Waals surface area contributed by atoms with Gasteiger partial charge in [-0.05, 0) is 69.6 Å². The molecular weight excluding hydrogens is 430 g/mol. The van der Waals surface area contributed by atoms with Crippen molar-refractivity contribution in [2.24, 2.45) is 17.8 Å². The van der Waals surface area contributed by atoms with E-state index < -0.39 is 18.6 Å². The van der Waals surface area contributed by atoms with E-state index in [0.717, 1.165) is 24.7 Å². The SMILES string of the molecule is CC[C@H](N[C@@H](CC1CCC(C2CCCC(Cl)C2)CC1)C(O)NC1CC(C)NNN1)C(O)O. The fraction of sp³-hybridized carbons (Fsp3) is 1.00. The van der Waals surface area contributed by atoms with E-state index in [0.29, 0.717) is 17.7 Å². The lowest BCUT2D eigenvalue weighted by molar-refractivity contribution is -0.0765. The number of hydrazine groups is 2. The van der Waals surface area contributed by atoms with Gasteiger partial charge in [0.05, 0.1) is 12.2 Å². The summed E-state index contributed by atoms with van der Waals surface area (Å²) in [6, 6.07) is -0.441. The molecule has 3 aliphatic rings. The Balaban J connectivity index is 1.54. The molecule has 0 radical (unpaired) electrons. The molecule has 0 aromatic heterocycles. The normalized spacial score (nSPS) is 37.2. The molecule has 0 aromatic rings. The van der Waals surface area contributed by atoms with Crippen LogP contribution in [0.25, 0.3) is 0 Å². The van der Waals surface area contributed by atoms with Gasteiger partial charge in [-0.15, -0.1) is 11.6 Å². The summed E-state index contributed by atoms with van der Waals surface area (Å²) < 4.78 is 0. The van der Waals surface area contributed by atoms with Crippen molar-refractivity contribution in [1.29, 1.82) is 0 Å². The van der Waals surface area contributed by atoms with Gasteiger partial charge in [0.1, 0.15) is 6.23 Å². The summed E-state index contributed by atoms with van der Waals surface area (Å²) in [6.45, 7) is 4.00. The third-order valence-corrected chi connectivity index (χ3v) is 8.33. The predicted octanol–water partition coefficient (Wildman–Crippen LogP) is 1.65. The average molecular weight is 476 g/mol. The lowest BCUT2D eigenvalue weighted by Gasteiger charge is -2.40. The van der Waals surface area contributed by atoms with Crippen LogP contribution in [0.2, 0.25) is 0 Å². The quantitative estimate of drug-likeness (QED) is 0.177. The van der Waals surface area contributed by atoms with Gasteiger partial charge in [-0.1, -0.05) is 32.6 Å². The van der Waals surface area contributed by atoms with Crippen molar-refractivity contribution in [3.8, 4) is 0 Å². The van der Waals surface area contributed by atoms with Crippen molar-refractivity contribution in [1.82, 2.24) is 27.0 Å². The summed E-state index contributed by atoms with van der Waals surface area (Å²) in [5.41, 5.74) is 9.14. The van der Waals surface area contributed by atoms with E-state index in [4.69, 9.17) is 11.6 Å². The molecule has 2 saturated carbocycles. The molecule has 188 valence electrons. The second kappa shape index (κ2) is 13.2. The van der Waals surface area contributed by atoms with E-state index >= 15 is 0 Å². The molecule has 5 unspecified atom stereocenters. The van der Waals surface area contributed by atoms with Crippen molar-refractivity contribution in [2.75, 3.05) is 0 Å². The minimum absolute atomic E-state index is 0.0739. The highest BCUT2D eigenvalue weighted by Gasteiger charge is 2.34. The second-order valence-corrected chi connectivity index (χ2v) is 11.1. The maximum Gasteiger partial charge on any atom is 0.167 e. The number of aliphatic hydroxyl groups is 3. The van der Waals surface area contributed by atoms with Crippen molar-refractivity contribution in [3.63, 3.8) is 0 Å². The number of hydrogen-bond acceptors (Lipinski definition) is 8. The Kier molecular flexibility index (Phi) is 10.9. The van der Waals surface area contributed by atoms with Crippen LogP contribution in [0.1, 0.15) is 84.5 Å². The van der Waals surface area contributed by atoms with Gasteiger partial charge < -0.3 is 20.6 Å². The van der Waals surface area contributed by atoms with Crippen LogP contribution in [-0.2, 0) is 0 Å². The Labute approximate surface area is 198 Å². The molecule has 32 heavy (non-hydrogen) atoms. The first-order valence-corrected chi connectivity index (χ1v) is 13.3. The summed E-state index contributed by atoms with van der Waals surface area (Å²) >= 11 is 6.44. The summed E-state index contributed by atoms with van der Waals surface area (Å²) in [4.78, 5) is 0. The van der Waals surface area contributed by atoms with E-state index in [1.165, 1.54) is 51.4 Å². The minimum atomic E-state index is -1.45. The molecule has 1 aliphatic heterocycles. The smallest absolute Gasteiger partial charge is 0.167 e. The van der Waals surface area contributed by atoms with Crippen molar-refractivity contribution < 1.29 is 15.3 Å². The van der Waals surface area contributed by atoms with Gasteiger partial charge in [0.15, 0.2) is 6.29 Å². The van der Waals surface area contributed by atoms with Crippen molar-refractivity contribution in [3.05, 3.63) is 0 Å². The summed E-state index contributed by atoms with van der Waals surface area (Å²) in [7, 11) is 0. The summed E-state index contributed by atoms with van der Waals surface area (Å²) in [5.74, 6) is 2.10. The zero-order chi connectivity index (χ0) is 23.1. The molecule has 2 aliphatic carbocycles. The molecule has 0 spiro atoms. The van der Waals surface area contributed by atoms with Crippen LogP contribution in [0.15, 0.2) is 0 Å². The lowest BCUT2D eigenvalue weighted by Crippen LogP contribution is -2.66. The molecule has 1 saturated heterocycles. The van der Waals surface area contributed by atoms with Crippen LogP contribution >= 0.6 is 11.6 Å². The first-order chi connectivity index (χ1) is 15.4.